The van der Waals surface area contributed by atoms with Crippen LogP contribution in [0.4, 0.5) is 0 Å². The number of ether oxygens (including phenoxy) is 2. The largest absolute Gasteiger partial charge is 0.493 e. The van der Waals surface area contributed by atoms with Gasteiger partial charge < -0.3 is 14.8 Å². The summed E-state index contributed by atoms with van der Waals surface area (Å²) in [4.78, 5) is 17.4. The number of hydrogen-bond acceptors (Lipinski definition) is 5. The molecule has 1 fully saturated rings. The molecular formula is C22H30N4O3. The van der Waals surface area contributed by atoms with Crippen LogP contribution >= 0.6 is 0 Å². The molecule has 2 aliphatic rings. The van der Waals surface area contributed by atoms with Gasteiger partial charge >= 0.3 is 0 Å². The van der Waals surface area contributed by atoms with E-state index >= 15 is 0 Å². The summed E-state index contributed by atoms with van der Waals surface area (Å²) in [6.45, 7) is 4.84. The van der Waals surface area contributed by atoms with Crippen LogP contribution in [0.15, 0.2) is 18.2 Å². The summed E-state index contributed by atoms with van der Waals surface area (Å²) < 4.78 is 13.5. The number of rotatable bonds is 6. The monoisotopic (exact) mass is 398 g/mol. The number of hydrogen-bond donors (Lipinski definition) is 1. The van der Waals surface area contributed by atoms with Gasteiger partial charge in [-0.15, -0.1) is 0 Å². The van der Waals surface area contributed by atoms with Gasteiger partial charge in [0.2, 0.25) is 0 Å². The molecule has 1 aliphatic heterocycles. The first-order valence-corrected chi connectivity index (χ1v) is 10.6. The van der Waals surface area contributed by atoms with Crippen LogP contribution in [0.5, 0.6) is 11.5 Å². The average Bonchev–Trinajstić information content (AvgIpc) is 3.37. The normalized spacial score (nSPS) is 19.2. The van der Waals surface area contributed by atoms with E-state index in [0.717, 1.165) is 37.3 Å². The number of carbonyl (C=O) groups excluding carboxylic acids is 1. The number of methoxy groups -OCH3 is 1. The number of fused-ring (bicyclic) bond motifs is 1. The van der Waals surface area contributed by atoms with Crippen LogP contribution in [0.1, 0.15) is 73.9 Å². The van der Waals surface area contributed by atoms with Crippen molar-refractivity contribution in [2.75, 3.05) is 7.11 Å². The fourth-order valence-corrected chi connectivity index (χ4v) is 4.05. The molecule has 1 atom stereocenters. The number of carbonyl (C=O) groups is 1. The van der Waals surface area contributed by atoms with E-state index in [2.05, 4.69) is 29.2 Å². The molecule has 156 valence electrons. The highest BCUT2D eigenvalue weighted by Crippen LogP contribution is 2.32. The van der Waals surface area contributed by atoms with E-state index in [1.165, 1.54) is 12.8 Å². The van der Waals surface area contributed by atoms with Crippen LogP contribution < -0.4 is 14.8 Å². The fraction of sp³-hybridized carbons (Fsp3) is 0.591. The second kappa shape index (κ2) is 8.43. The molecule has 29 heavy (non-hydrogen) atoms. The van der Waals surface area contributed by atoms with E-state index in [1.54, 1.807) is 13.2 Å². The molecule has 0 bridgehead atoms. The fourth-order valence-electron chi connectivity index (χ4n) is 4.05. The standard InChI is InChI=1S/C22H30N4O3/c1-14(2)21-24-20-11-9-16(13-26(20)25-21)23-22(27)15-8-10-18(19(12-15)28-3)29-17-6-4-5-7-17/h8,10,12,14,16-17H,4-7,9,11,13H2,1-3H3,(H,23,27)/t16-/m1/s1. The highest BCUT2D eigenvalue weighted by Gasteiger charge is 2.25. The smallest absolute Gasteiger partial charge is 0.251 e. The van der Waals surface area contributed by atoms with Crippen molar-refractivity contribution in [3.8, 4) is 11.5 Å². The van der Waals surface area contributed by atoms with Crippen LogP contribution in [-0.2, 0) is 13.0 Å². The third-order valence-electron chi connectivity index (χ3n) is 5.75. The van der Waals surface area contributed by atoms with Gasteiger partial charge in [-0.25, -0.2) is 9.67 Å². The van der Waals surface area contributed by atoms with Gasteiger partial charge in [0, 0.05) is 23.9 Å². The molecule has 0 spiro atoms. The lowest BCUT2D eigenvalue weighted by atomic mass is 10.1. The second-order valence-electron chi connectivity index (χ2n) is 8.32. The summed E-state index contributed by atoms with van der Waals surface area (Å²) in [6.07, 6.45) is 6.51. The predicted molar refractivity (Wildman–Crippen MR) is 110 cm³/mol. The number of amides is 1. The van der Waals surface area contributed by atoms with Crippen LogP contribution in [0.2, 0.25) is 0 Å². The first-order valence-electron chi connectivity index (χ1n) is 10.6. The first kappa shape index (κ1) is 19.7. The van der Waals surface area contributed by atoms with Crippen LogP contribution in [0.25, 0.3) is 0 Å². The van der Waals surface area contributed by atoms with Gasteiger partial charge in [0.15, 0.2) is 17.3 Å². The van der Waals surface area contributed by atoms with E-state index in [0.29, 0.717) is 29.5 Å². The Morgan fingerprint density at radius 1 is 1.21 bits per heavy atom. The van der Waals surface area contributed by atoms with Crippen LogP contribution in [-0.4, -0.2) is 39.9 Å². The summed E-state index contributed by atoms with van der Waals surface area (Å²) in [5.41, 5.74) is 0.577. The van der Waals surface area contributed by atoms with Crippen molar-refractivity contribution >= 4 is 5.91 Å². The van der Waals surface area contributed by atoms with Crippen LogP contribution in [0, 0.1) is 0 Å². The van der Waals surface area contributed by atoms with E-state index < -0.39 is 0 Å². The molecule has 2 aromatic rings. The molecule has 2 heterocycles. The van der Waals surface area contributed by atoms with Gasteiger partial charge in [-0.2, -0.15) is 5.10 Å². The Balaban J connectivity index is 1.41. The van der Waals surface area contributed by atoms with Crippen molar-refractivity contribution in [3.05, 3.63) is 35.4 Å². The Morgan fingerprint density at radius 3 is 2.72 bits per heavy atom. The summed E-state index contributed by atoms with van der Waals surface area (Å²) >= 11 is 0. The minimum Gasteiger partial charge on any atom is -0.493 e. The summed E-state index contributed by atoms with van der Waals surface area (Å²) in [5, 5.41) is 7.72. The van der Waals surface area contributed by atoms with Gasteiger partial charge in [0.1, 0.15) is 5.82 Å². The number of aromatic nitrogens is 3. The number of aryl methyl sites for hydroxylation is 1. The van der Waals surface area contributed by atoms with Crippen molar-refractivity contribution in [2.24, 2.45) is 0 Å². The van der Waals surface area contributed by atoms with Gasteiger partial charge in [0.05, 0.1) is 19.8 Å². The maximum atomic E-state index is 12.8. The number of nitrogens with zero attached hydrogens (tertiary/aromatic N) is 3. The molecule has 0 radical (unpaired) electrons. The lowest BCUT2D eigenvalue weighted by Crippen LogP contribution is -2.41. The van der Waals surface area contributed by atoms with Crippen LogP contribution in [0.3, 0.4) is 0 Å². The average molecular weight is 399 g/mol. The zero-order chi connectivity index (χ0) is 20.4. The van der Waals surface area contributed by atoms with Gasteiger partial charge in [0.25, 0.3) is 5.91 Å². The van der Waals surface area contributed by atoms with Gasteiger partial charge in [-0.05, 0) is 50.3 Å². The molecule has 1 N–H and O–H groups in total. The van der Waals surface area contributed by atoms with Crippen molar-refractivity contribution in [2.45, 2.75) is 77.0 Å². The quantitative estimate of drug-likeness (QED) is 0.806. The molecule has 7 nitrogen and oxygen atoms in total. The van der Waals surface area contributed by atoms with Crippen molar-refractivity contribution in [1.82, 2.24) is 20.1 Å². The Labute approximate surface area is 171 Å². The lowest BCUT2D eigenvalue weighted by Gasteiger charge is -2.23. The molecule has 1 aromatic heterocycles. The van der Waals surface area contributed by atoms with Gasteiger partial charge in [-0.1, -0.05) is 13.8 Å². The molecule has 4 rings (SSSR count). The molecule has 0 saturated heterocycles. The third-order valence-corrected chi connectivity index (χ3v) is 5.75. The zero-order valence-corrected chi connectivity index (χ0v) is 17.5. The van der Waals surface area contributed by atoms with Gasteiger partial charge in [-0.3, -0.25) is 4.79 Å². The van der Waals surface area contributed by atoms with E-state index in [-0.39, 0.29) is 18.1 Å². The van der Waals surface area contributed by atoms with Crippen molar-refractivity contribution in [3.63, 3.8) is 0 Å². The third kappa shape index (κ3) is 4.38. The minimum atomic E-state index is -0.103. The maximum Gasteiger partial charge on any atom is 0.251 e. The highest BCUT2D eigenvalue weighted by atomic mass is 16.5. The summed E-state index contributed by atoms with van der Waals surface area (Å²) in [6, 6.07) is 5.46. The molecule has 1 aromatic carbocycles. The molecule has 1 saturated carbocycles. The second-order valence-corrected chi connectivity index (χ2v) is 8.32. The maximum absolute atomic E-state index is 12.8. The Hall–Kier alpha value is -2.57. The molecule has 7 heteroatoms. The highest BCUT2D eigenvalue weighted by molar-refractivity contribution is 5.95. The summed E-state index contributed by atoms with van der Waals surface area (Å²) in [5.74, 6) is 3.39. The topological polar surface area (TPSA) is 78.3 Å². The summed E-state index contributed by atoms with van der Waals surface area (Å²) in [7, 11) is 1.61. The van der Waals surface area contributed by atoms with E-state index in [1.807, 2.05) is 16.8 Å². The lowest BCUT2D eigenvalue weighted by molar-refractivity contribution is 0.0925. The zero-order valence-electron chi connectivity index (χ0n) is 17.5. The SMILES string of the molecule is COc1cc(C(=O)N[C@@H]2CCc3nc(C(C)C)nn3C2)ccc1OC1CCCC1. The predicted octanol–water partition coefficient (Wildman–Crippen LogP) is 3.48. The molecule has 0 unspecified atom stereocenters. The molecular weight excluding hydrogens is 368 g/mol. The Bertz CT molecular complexity index is 871. The Kier molecular flexibility index (Phi) is 5.74. The number of benzene rings is 1. The minimum absolute atomic E-state index is 0.0390. The first-order chi connectivity index (χ1) is 14.0. The number of nitrogens with one attached hydrogen (secondary N) is 1. The molecule has 1 amide bonds. The van der Waals surface area contributed by atoms with Crippen molar-refractivity contribution in [1.29, 1.82) is 0 Å². The van der Waals surface area contributed by atoms with E-state index in [9.17, 15) is 4.79 Å². The molecule has 1 aliphatic carbocycles. The Morgan fingerprint density at radius 2 is 2.00 bits per heavy atom. The van der Waals surface area contributed by atoms with Crippen molar-refractivity contribution < 1.29 is 14.3 Å². The van der Waals surface area contributed by atoms with E-state index in [4.69, 9.17) is 9.47 Å².